The molecular formula is C14H10ClFN2O. The van der Waals surface area contributed by atoms with Crippen molar-refractivity contribution in [3.05, 3.63) is 47.2 Å². The topological polar surface area (TPSA) is 37.9 Å². The van der Waals surface area contributed by atoms with E-state index in [0.29, 0.717) is 22.2 Å². The fraction of sp³-hybridized carbons (Fsp3) is 0.0714. The van der Waals surface area contributed by atoms with Crippen molar-refractivity contribution < 1.29 is 9.13 Å². The van der Waals surface area contributed by atoms with Gasteiger partial charge in [-0.1, -0.05) is 17.7 Å². The summed E-state index contributed by atoms with van der Waals surface area (Å²) in [5.41, 5.74) is 1.80. The molecule has 0 aliphatic rings. The molecule has 0 spiro atoms. The van der Waals surface area contributed by atoms with Crippen molar-refractivity contribution in [1.82, 2.24) is 9.97 Å². The second-order valence-electron chi connectivity index (χ2n) is 4.06. The van der Waals surface area contributed by atoms with Crippen LogP contribution in [0.3, 0.4) is 0 Å². The molecule has 1 aromatic heterocycles. The number of H-pyrrole nitrogens is 1. The molecule has 3 aromatic rings. The minimum atomic E-state index is -0.385. The molecule has 0 unspecified atom stereocenters. The maximum Gasteiger partial charge on any atom is 0.145 e. The van der Waals surface area contributed by atoms with E-state index in [2.05, 4.69) is 9.97 Å². The van der Waals surface area contributed by atoms with E-state index in [1.807, 2.05) is 0 Å². The van der Waals surface area contributed by atoms with Crippen LogP contribution >= 0.6 is 11.6 Å². The molecule has 0 bridgehead atoms. The summed E-state index contributed by atoms with van der Waals surface area (Å²) in [4.78, 5) is 7.41. The lowest BCUT2D eigenvalue weighted by molar-refractivity contribution is 0.413. The molecule has 0 aliphatic carbocycles. The molecule has 0 saturated heterocycles. The van der Waals surface area contributed by atoms with Gasteiger partial charge in [-0.05, 0) is 30.3 Å². The summed E-state index contributed by atoms with van der Waals surface area (Å²) in [6.07, 6.45) is 0. The Hall–Kier alpha value is -2.07. The number of rotatable bonds is 2. The first-order valence-corrected chi connectivity index (χ1v) is 6.05. The summed E-state index contributed by atoms with van der Waals surface area (Å²) in [5.74, 6) is 0.474. The molecule has 3 rings (SSSR count). The summed E-state index contributed by atoms with van der Waals surface area (Å²) < 4.78 is 19.1. The molecule has 0 saturated carbocycles. The fourth-order valence-electron chi connectivity index (χ4n) is 2.00. The molecule has 0 fully saturated rings. The quantitative estimate of drug-likeness (QED) is 0.767. The largest absolute Gasteiger partial charge is 0.496 e. The summed E-state index contributed by atoms with van der Waals surface area (Å²) in [7, 11) is 1.50. The summed E-state index contributed by atoms with van der Waals surface area (Å²) in [6, 6.07) is 9.94. The van der Waals surface area contributed by atoms with Crippen LogP contribution in [0.1, 0.15) is 0 Å². The number of hydrogen-bond donors (Lipinski definition) is 1. The minimum Gasteiger partial charge on any atom is -0.496 e. The van der Waals surface area contributed by atoms with Crippen molar-refractivity contribution in [2.75, 3.05) is 7.11 Å². The van der Waals surface area contributed by atoms with E-state index in [0.717, 1.165) is 11.0 Å². The third-order valence-corrected chi connectivity index (χ3v) is 3.11. The lowest BCUT2D eigenvalue weighted by atomic mass is 10.2. The van der Waals surface area contributed by atoms with Crippen molar-refractivity contribution in [3.63, 3.8) is 0 Å². The lowest BCUT2D eigenvalue weighted by Gasteiger charge is -2.06. The van der Waals surface area contributed by atoms with Crippen LogP contribution in [0.4, 0.5) is 4.39 Å². The second kappa shape index (κ2) is 4.55. The van der Waals surface area contributed by atoms with E-state index in [1.54, 1.807) is 30.3 Å². The first-order chi connectivity index (χ1) is 9.19. The lowest BCUT2D eigenvalue weighted by Crippen LogP contribution is -1.92. The van der Waals surface area contributed by atoms with Gasteiger partial charge in [-0.2, -0.15) is 0 Å². The fourth-order valence-corrected chi connectivity index (χ4v) is 2.18. The van der Waals surface area contributed by atoms with Crippen LogP contribution in [-0.4, -0.2) is 17.1 Å². The standard InChI is InChI=1S/C14H10ClFN2O/c1-19-12-4-2-3-9(16)13(12)14-17-10-6-5-8(15)7-11(10)18-14/h2-7H,1H3,(H,17,18). The first kappa shape index (κ1) is 12.0. The monoisotopic (exact) mass is 276 g/mol. The molecule has 0 aliphatic heterocycles. The highest BCUT2D eigenvalue weighted by atomic mass is 35.5. The van der Waals surface area contributed by atoms with E-state index >= 15 is 0 Å². The van der Waals surface area contributed by atoms with Crippen molar-refractivity contribution in [3.8, 4) is 17.1 Å². The maximum atomic E-state index is 14.0. The Morgan fingerprint density at radius 1 is 1.26 bits per heavy atom. The highest BCUT2D eigenvalue weighted by Gasteiger charge is 2.15. The van der Waals surface area contributed by atoms with Crippen molar-refractivity contribution >= 4 is 22.6 Å². The van der Waals surface area contributed by atoms with Crippen LogP contribution < -0.4 is 4.74 Å². The van der Waals surface area contributed by atoms with Gasteiger partial charge in [0, 0.05) is 5.02 Å². The highest BCUT2D eigenvalue weighted by molar-refractivity contribution is 6.31. The molecule has 0 atom stereocenters. The zero-order valence-electron chi connectivity index (χ0n) is 10.1. The van der Waals surface area contributed by atoms with Crippen LogP contribution in [-0.2, 0) is 0 Å². The number of fused-ring (bicyclic) bond motifs is 1. The third-order valence-electron chi connectivity index (χ3n) is 2.88. The Bertz CT molecular complexity index is 754. The van der Waals surface area contributed by atoms with E-state index < -0.39 is 0 Å². The van der Waals surface area contributed by atoms with Crippen LogP contribution in [0.25, 0.3) is 22.4 Å². The van der Waals surface area contributed by atoms with Crippen molar-refractivity contribution in [2.45, 2.75) is 0 Å². The van der Waals surface area contributed by atoms with Crippen LogP contribution in [0.2, 0.25) is 5.02 Å². The number of aromatic nitrogens is 2. The van der Waals surface area contributed by atoms with Crippen LogP contribution in [0.5, 0.6) is 5.75 Å². The van der Waals surface area contributed by atoms with Gasteiger partial charge in [-0.15, -0.1) is 0 Å². The van der Waals surface area contributed by atoms with Gasteiger partial charge in [0.1, 0.15) is 17.4 Å². The smallest absolute Gasteiger partial charge is 0.145 e. The predicted molar refractivity (Wildman–Crippen MR) is 73.0 cm³/mol. The van der Waals surface area contributed by atoms with Gasteiger partial charge in [-0.25, -0.2) is 9.37 Å². The Morgan fingerprint density at radius 2 is 2.11 bits per heavy atom. The van der Waals surface area contributed by atoms with E-state index in [-0.39, 0.29) is 5.82 Å². The van der Waals surface area contributed by atoms with Crippen molar-refractivity contribution in [2.24, 2.45) is 0 Å². The Kier molecular flexibility index (Phi) is 2.87. The van der Waals surface area contributed by atoms with E-state index in [9.17, 15) is 4.39 Å². The van der Waals surface area contributed by atoms with Gasteiger partial charge < -0.3 is 9.72 Å². The van der Waals surface area contributed by atoms with E-state index in [1.165, 1.54) is 13.2 Å². The number of halogens is 2. The summed E-state index contributed by atoms with van der Waals surface area (Å²) in [5, 5.41) is 0.600. The minimum absolute atomic E-state index is 0.317. The number of hydrogen-bond acceptors (Lipinski definition) is 2. The Morgan fingerprint density at radius 3 is 2.89 bits per heavy atom. The number of nitrogens with zero attached hydrogens (tertiary/aromatic N) is 1. The molecule has 3 nitrogen and oxygen atoms in total. The average Bonchev–Trinajstić information content (AvgIpc) is 2.80. The van der Waals surface area contributed by atoms with E-state index in [4.69, 9.17) is 16.3 Å². The normalized spacial score (nSPS) is 10.9. The highest BCUT2D eigenvalue weighted by Crippen LogP contribution is 2.32. The number of ether oxygens (including phenoxy) is 1. The zero-order chi connectivity index (χ0) is 13.4. The third kappa shape index (κ3) is 2.04. The number of imidazole rings is 1. The first-order valence-electron chi connectivity index (χ1n) is 5.67. The molecule has 96 valence electrons. The molecule has 5 heteroatoms. The van der Waals surface area contributed by atoms with Gasteiger partial charge >= 0.3 is 0 Å². The predicted octanol–water partition coefficient (Wildman–Crippen LogP) is 4.03. The molecule has 1 heterocycles. The Labute approximate surface area is 114 Å². The number of nitrogens with one attached hydrogen (secondary N) is 1. The van der Waals surface area contributed by atoms with Gasteiger partial charge in [-0.3, -0.25) is 0 Å². The van der Waals surface area contributed by atoms with Gasteiger partial charge in [0.2, 0.25) is 0 Å². The maximum absolute atomic E-state index is 14.0. The zero-order valence-corrected chi connectivity index (χ0v) is 10.8. The molecule has 2 aromatic carbocycles. The molecule has 1 N–H and O–H groups in total. The summed E-state index contributed by atoms with van der Waals surface area (Å²) in [6.45, 7) is 0. The number of benzene rings is 2. The van der Waals surface area contributed by atoms with Gasteiger partial charge in [0.25, 0.3) is 0 Å². The summed E-state index contributed by atoms with van der Waals surface area (Å²) >= 11 is 5.92. The molecule has 19 heavy (non-hydrogen) atoms. The van der Waals surface area contributed by atoms with Crippen molar-refractivity contribution in [1.29, 1.82) is 0 Å². The Balaban J connectivity index is 2.24. The van der Waals surface area contributed by atoms with Gasteiger partial charge in [0.15, 0.2) is 0 Å². The number of methoxy groups -OCH3 is 1. The van der Waals surface area contributed by atoms with Gasteiger partial charge in [0.05, 0.1) is 23.7 Å². The molecule has 0 amide bonds. The molecule has 0 radical (unpaired) electrons. The average molecular weight is 277 g/mol. The number of aromatic amines is 1. The molecular weight excluding hydrogens is 267 g/mol. The van der Waals surface area contributed by atoms with Crippen LogP contribution in [0.15, 0.2) is 36.4 Å². The van der Waals surface area contributed by atoms with Crippen LogP contribution in [0, 0.1) is 5.82 Å². The SMILES string of the molecule is COc1cccc(F)c1-c1nc2ccc(Cl)cc2[nH]1. The second-order valence-corrected chi connectivity index (χ2v) is 4.50.